The van der Waals surface area contributed by atoms with Crippen LogP contribution in [0.5, 0.6) is 0 Å². The Morgan fingerprint density at radius 3 is 2.29 bits per heavy atom. The number of hydrogen-bond donors (Lipinski definition) is 1. The van der Waals surface area contributed by atoms with Crippen molar-refractivity contribution >= 4 is 9.84 Å². The Morgan fingerprint density at radius 2 is 1.76 bits per heavy atom. The molecule has 100 valence electrons. The number of nitrogens with one attached hydrogen (secondary N) is 1. The van der Waals surface area contributed by atoms with Crippen molar-refractivity contribution in [1.82, 2.24) is 5.32 Å². The number of sulfone groups is 1. The average molecular weight is 259 g/mol. The van der Waals surface area contributed by atoms with Gasteiger partial charge in [-0.05, 0) is 56.9 Å². The first-order valence-corrected chi connectivity index (χ1v) is 8.86. The van der Waals surface area contributed by atoms with Gasteiger partial charge in [-0.2, -0.15) is 0 Å². The van der Waals surface area contributed by atoms with Crippen LogP contribution in [0.3, 0.4) is 0 Å². The van der Waals surface area contributed by atoms with Gasteiger partial charge in [-0.1, -0.05) is 6.92 Å². The van der Waals surface area contributed by atoms with Gasteiger partial charge >= 0.3 is 0 Å². The molecule has 2 aliphatic carbocycles. The summed E-state index contributed by atoms with van der Waals surface area (Å²) in [6.07, 6.45) is 6.83. The van der Waals surface area contributed by atoms with Gasteiger partial charge in [0.1, 0.15) is 9.84 Å². The third kappa shape index (κ3) is 4.25. The van der Waals surface area contributed by atoms with E-state index in [1.54, 1.807) is 0 Å². The molecule has 0 bridgehead atoms. The van der Waals surface area contributed by atoms with Gasteiger partial charge < -0.3 is 5.32 Å². The molecule has 0 aliphatic heterocycles. The standard InChI is InChI=1S/C13H25NO2S/c1-2-8-17(15,16)9-7-11-3-4-12(11)10-14-13-5-6-13/h11-14H,2-10H2,1H3. The van der Waals surface area contributed by atoms with E-state index in [1.165, 1.54) is 25.7 Å². The molecule has 0 heterocycles. The molecule has 2 rings (SSSR count). The molecule has 0 spiro atoms. The van der Waals surface area contributed by atoms with Gasteiger partial charge in [0.05, 0.1) is 5.75 Å². The molecule has 2 atom stereocenters. The molecule has 0 aromatic heterocycles. The van der Waals surface area contributed by atoms with E-state index >= 15 is 0 Å². The SMILES string of the molecule is CCCS(=O)(=O)CCC1CCC1CNC1CC1. The first-order valence-electron chi connectivity index (χ1n) is 7.04. The molecule has 4 heteroatoms. The lowest BCUT2D eigenvalue weighted by atomic mass is 9.72. The van der Waals surface area contributed by atoms with Crippen molar-refractivity contribution in [2.75, 3.05) is 18.1 Å². The highest BCUT2D eigenvalue weighted by molar-refractivity contribution is 7.91. The molecule has 2 fully saturated rings. The van der Waals surface area contributed by atoms with Gasteiger partial charge in [0.25, 0.3) is 0 Å². The van der Waals surface area contributed by atoms with Crippen LogP contribution in [0.1, 0.15) is 45.4 Å². The second-order valence-electron chi connectivity index (χ2n) is 5.72. The molecule has 17 heavy (non-hydrogen) atoms. The first kappa shape index (κ1) is 13.3. The number of rotatable bonds is 8. The highest BCUT2D eigenvalue weighted by atomic mass is 32.2. The third-order valence-corrected chi connectivity index (χ3v) is 6.02. The summed E-state index contributed by atoms with van der Waals surface area (Å²) in [5, 5.41) is 3.56. The Kier molecular flexibility index (Phi) is 4.47. The van der Waals surface area contributed by atoms with Gasteiger partial charge in [-0.25, -0.2) is 8.42 Å². The second kappa shape index (κ2) is 5.70. The summed E-state index contributed by atoms with van der Waals surface area (Å²) in [5.74, 6) is 2.18. The van der Waals surface area contributed by atoms with Crippen molar-refractivity contribution in [3.8, 4) is 0 Å². The summed E-state index contributed by atoms with van der Waals surface area (Å²) in [6.45, 7) is 3.05. The molecule has 0 saturated heterocycles. The fraction of sp³-hybridized carbons (Fsp3) is 1.00. The maximum atomic E-state index is 11.6. The fourth-order valence-corrected chi connectivity index (χ4v) is 4.12. The van der Waals surface area contributed by atoms with Gasteiger partial charge in [0.15, 0.2) is 0 Å². The minimum absolute atomic E-state index is 0.366. The highest BCUT2D eigenvalue weighted by Gasteiger charge is 2.32. The normalized spacial score (nSPS) is 29.0. The molecule has 0 amide bonds. The average Bonchev–Trinajstić information content (AvgIpc) is 3.00. The van der Waals surface area contributed by atoms with E-state index in [-0.39, 0.29) is 0 Å². The predicted molar refractivity (Wildman–Crippen MR) is 70.8 cm³/mol. The summed E-state index contributed by atoms with van der Waals surface area (Å²) in [6, 6.07) is 0.778. The van der Waals surface area contributed by atoms with Crippen molar-refractivity contribution in [3.63, 3.8) is 0 Å². The van der Waals surface area contributed by atoms with Crippen molar-refractivity contribution in [3.05, 3.63) is 0 Å². The van der Waals surface area contributed by atoms with E-state index in [4.69, 9.17) is 0 Å². The molecule has 0 aromatic rings. The summed E-state index contributed by atoms with van der Waals surface area (Å²) in [4.78, 5) is 0. The molecule has 0 radical (unpaired) electrons. The summed E-state index contributed by atoms with van der Waals surface area (Å²) >= 11 is 0. The molecule has 3 nitrogen and oxygen atoms in total. The molecule has 2 unspecified atom stereocenters. The van der Waals surface area contributed by atoms with Crippen molar-refractivity contribution in [1.29, 1.82) is 0 Å². The van der Waals surface area contributed by atoms with Crippen LogP contribution in [0.4, 0.5) is 0 Å². The van der Waals surface area contributed by atoms with E-state index in [0.717, 1.165) is 31.3 Å². The Bertz CT molecular complexity index is 335. The second-order valence-corrected chi connectivity index (χ2v) is 8.02. The highest BCUT2D eigenvalue weighted by Crippen LogP contribution is 2.37. The van der Waals surface area contributed by atoms with Gasteiger partial charge in [-0.15, -0.1) is 0 Å². The lowest BCUT2D eigenvalue weighted by Crippen LogP contribution is -2.37. The third-order valence-electron chi connectivity index (χ3n) is 4.14. The Labute approximate surface area is 105 Å². The maximum Gasteiger partial charge on any atom is 0.150 e. The Balaban J connectivity index is 1.64. The first-order chi connectivity index (χ1) is 8.11. The fourth-order valence-electron chi connectivity index (χ4n) is 2.64. The van der Waals surface area contributed by atoms with Gasteiger partial charge in [0.2, 0.25) is 0 Å². The van der Waals surface area contributed by atoms with Gasteiger partial charge in [-0.3, -0.25) is 0 Å². The van der Waals surface area contributed by atoms with Crippen LogP contribution in [0.2, 0.25) is 0 Å². The number of hydrogen-bond acceptors (Lipinski definition) is 3. The smallest absolute Gasteiger partial charge is 0.150 e. The van der Waals surface area contributed by atoms with E-state index in [2.05, 4.69) is 5.32 Å². The summed E-state index contributed by atoms with van der Waals surface area (Å²) < 4.78 is 23.3. The predicted octanol–water partition coefficient (Wildman–Crippen LogP) is 1.98. The molecular formula is C13H25NO2S. The zero-order chi connectivity index (χ0) is 12.3. The molecule has 0 aromatic carbocycles. The van der Waals surface area contributed by atoms with Crippen LogP contribution in [-0.2, 0) is 9.84 Å². The minimum atomic E-state index is -2.77. The van der Waals surface area contributed by atoms with Crippen LogP contribution in [0, 0.1) is 11.8 Å². The topological polar surface area (TPSA) is 46.2 Å². The Hall–Kier alpha value is -0.0900. The van der Waals surface area contributed by atoms with Crippen LogP contribution < -0.4 is 5.32 Å². The van der Waals surface area contributed by atoms with Crippen LogP contribution >= 0.6 is 0 Å². The largest absolute Gasteiger partial charge is 0.314 e. The van der Waals surface area contributed by atoms with E-state index in [1.807, 2.05) is 6.92 Å². The summed E-state index contributed by atoms with van der Waals surface area (Å²) in [5.41, 5.74) is 0. The lowest BCUT2D eigenvalue weighted by Gasteiger charge is -2.37. The van der Waals surface area contributed by atoms with Crippen molar-refractivity contribution in [2.24, 2.45) is 11.8 Å². The molecule has 2 saturated carbocycles. The van der Waals surface area contributed by atoms with Gasteiger partial charge in [0, 0.05) is 11.8 Å². The summed E-state index contributed by atoms with van der Waals surface area (Å²) in [7, 11) is -2.77. The zero-order valence-electron chi connectivity index (χ0n) is 10.8. The monoisotopic (exact) mass is 259 g/mol. The minimum Gasteiger partial charge on any atom is -0.314 e. The van der Waals surface area contributed by atoms with Crippen molar-refractivity contribution < 1.29 is 8.42 Å². The van der Waals surface area contributed by atoms with Crippen molar-refractivity contribution in [2.45, 2.75) is 51.5 Å². The quantitative estimate of drug-likeness (QED) is 0.725. The zero-order valence-corrected chi connectivity index (χ0v) is 11.6. The van der Waals surface area contributed by atoms with E-state index in [0.29, 0.717) is 17.4 Å². The molecular weight excluding hydrogens is 234 g/mol. The Morgan fingerprint density at radius 1 is 1.06 bits per heavy atom. The molecule has 1 N–H and O–H groups in total. The van der Waals surface area contributed by atoms with Crippen LogP contribution in [-0.4, -0.2) is 32.5 Å². The molecule has 2 aliphatic rings. The van der Waals surface area contributed by atoms with E-state index in [9.17, 15) is 8.42 Å². The lowest BCUT2D eigenvalue weighted by molar-refractivity contribution is 0.166. The van der Waals surface area contributed by atoms with Crippen LogP contribution in [0.15, 0.2) is 0 Å². The van der Waals surface area contributed by atoms with E-state index < -0.39 is 9.84 Å². The van der Waals surface area contributed by atoms with Crippen LogP contribution in [0.25, 0.3) is 0 Å². The maximum absolute atomic E-state index is 11.6.